The molecular formula is C11H8N4O3. The quantitative estimate of drug-likeness (QED) is 0.564. The van der Waals surface area contributed by atoms with Crippen LogP contribution in [0, 0.1) is 10.1 Å². The fourth-order valence-electron chi connectivity index (χ4n) is 1.60. The number of anilines is 1. The third-order valence-corrected chi connectivity index (χ3v) is 2.41. The zero-order valence-corrected chi connectivity index (χ0v) is 9.11. The molecule has 90 valence electrons. The molecular weight excluding hydrogens is 236 g/mol. The van der Waals surface area contributed by atoms with Crippen LogP contribution in [0.15, 0.2) is 47.1 Å². The molecule has 0 radical (unpaired) electrons. The van der Waals surface area contributed by atoms with E-state index in [-0.39, 0.29) is 11.7 Å². The Balaban J connectivity index is 1.98. The van der Waals surface area contributed by atoms with Crippen molar-refractivity contribution in [3.05, 3.63) is 52.8 Å². The van der Waals surface area contributed by atoms with Crippen molar-refractivity contribution in [2.75, 3.05) is 5.43 Å². The molecule has 3 aromatic rings. The van der Waals surface area contributed by atoms with E-state index in [1.54, 1.807) is 17.1 Å². The standard InChI is InChI=1S/C11H8N4O3/c16-15(17)8-3-4-10-9(7-8)12-11(18-10)13-14-5-1-2-6-14/h1-7H,(H,12,13). The van der Waals surface area contributed by atoms with Gasteiger partial charge in [0, 0.05) is 24.5 Å². The average Bonchev–Trinajstić information content (AvgIpc) is 2.96. The highest BCUT2D eigenvalue weighted by Gasteiger charge is 2.11. The smallest absolute Gasteiger partial charge is 0.315 e. The van der Waals surface area contributed by atoms with Gasteiger partial charge in [-0.05, 0) is 18.2 Å². The van der Waals surface area contributed by atoms with E-state index in [9.17, 15) is 10.1 Å². The van der Waals surface area contributed by atoms with E-state index in [2.05, 4.69) is 10.4 Å². The number of nitro benzene ring substituents is 1. The number of rotatable bonds is 3. The first kappa shape index (κ1) is 10.3. The van der Waals surface area contributed by atoms with Gasteiger partial charge in [-0.25, -0.2) is 5.43 Å². The number of non-ortho nitro benzene ring substituents is 1. The highest BCUT2D eigenvalue weighted by Crippen LogP contribution is 2.23. The number of nitrogens with one attached hydrogen (secondary N) is 1. The van der Waals surface area contributed by atoms with E-state index in [1.165, 1.54) is 18.2 Å². The van der Waals surface area contributed by atoms with Crippen LogP contribution in [0.2, 0.25) is 0 Å². The third-order valence-electron chi connectivity index (χ3n) is 2.41. The summed E-state index contributed by atoms with van der Waals surface area (Å²) in [6.45, 7) is 0. The summed E-state index contributed by atoms with van der Waals surface area (Å²) in [6.07, 6.45) is 3.58. The summed E-state index contributed by atoms with van der Waals surface area (Å²) < 4.78 is 7.08. The summed E-state index contributed by atoms with van der Waals surface area (Å²) in [7, 11) is 0. The minimum atomic E-state index is -0.465. The highest BCUT2D eigenvalue weighted by molar-refractivity contribution is 5.77. The first-order valence-corrected chi connectivity index (χ1v) is 5.17. The van der Waals surface area contributed by atoms with Crippen LogP contribution in [0.25, 0.3) is 11.1 Å². The van der Waals surface area contributed by atoms with Gasteiger partial charge in [0.25, 0.3) is 5.69 Å². The number of hydrogen-bond donors (Lipinski definition) is 1. The largest absolute Gasteiger partial charge is 0.422 e. The Hall–Kier alpha value is -2.83. The van der Waals surface area contributed by atoms with Gasteiger partial charge >= 0.3 is 6.01 Å². The van der Waals surface area contributed by atoms with E-state index in [0.717, 1.165) is 0 Å². The van der Waals surface area contributed by atoms with E-state index in [0.29, 0.717) is 11.1 Å². The van der Waals surface area contributed by atoms with Gasteiger partial charge in [0.2, 0.25) is 0 Å². The van der Waals surface area contributed by atoms with Crippen molar-refractivity contribution < 1.29 is 9.34 Å². The maximum Gasteiger partial charge on any atom is 0.315 e. The lowest BCUT2D eigenvalue weighted by molar-refractivity contribution is -0.384. The molecule has 0 saturated carbocycles. The molecule has 0 fully saturated rings. The summed E-state index contributed by atoms with van der Waals surface area (Å²) in [4.78, 5) is 14.3. The van der Waals surface area contributed by atoms with Crippen molar-refractivity contribution in [1.29, 1.82) is 0 Å². The molecule has 0 saturated heterocycles. The topological polar surface area (TPSA) is 86.1 Å². The number of fused-ring (bicyclic) bond motifs is 1. The number of nitro groups is 1. The Morgan fingerprint density at radius 2 is 2.11 bits per heavy atom. The van der Waals surface area contributed by atoms with Gasteiger partial charge < -0.3 is 4.42 Å². The lowest BCUT2D eigenvalue weighted by Crippen LogP contribution is -2.05. The molecule has 2 heterocycles. The molecule has 0 aliphatic rings. The van der Waals surface area contributed by atoms with Crippen molar-refractivity contribution in [3.63, 3.8) is 0 Å². The molecule has 0 aliphatic heterocycles. The Morgan fingerprint density at radius 1 is 1.33 bits per heavy atom. The van der Waals surface area contributed by atoms with E-state index >= 15 is 0 Å². The average molecular weight is 244 g/mol. The minimum absolute atomic E-state index is 0.0108. The van der Waals surface area contributed by atoms with Crippen LogP contribution in [0.1, 0.15) is 0 Å². The zero-order valence-electron chi connectivity index (χ0n) is 9.11. The molecule has 7 nitrogen and oxygen atoms in total. The van der Waals surface area contributed by atoms with E-state index in [4.69, 9.17) is 4.42 Å². The van der Waals surface area contributed by atoms with Crippen molar-refractivity contribution in [3.8, 4) is 0 Å². The van der Waals surface area contributed by atoms with Gasteiger partial charge in [0.05, 0.1) is 4.92 Å². The van der Waals surface area contributed by atoms with Gasteiger partial charge in [-0.15, -0.1) is 0 Å². The Kier molecular flexibility index (Phi) is 2.23. The van der Waals surface area contributed by atoms with Crippen molar-refractivity contribution in [2.45, 2.75) is 0 Å². The summed E-state index contributed by atoms with van der Waals surface area (Å²) in [5.41, 5.74) is 3.82. The molecule has 0 amide bonds. The fourth-order valence-corrected chi connectivity index (χ4v) is 1.60. The molecule has 18 heavy (non-hydrogen) atoms. The van der Waals surface area contributed by atoms with Crippen LogP contribution >= 0.6 is 0 Å². The Bertz CT molecular complexity index is 702. The molecule has 3 rings (SSSR count). The monoisotopic (exact) mass is 244 g/mol. The van der Waals surface area contributed by atoms with Crippen LogP contribution < -0.4 is 5.43 Å². The predicted octanol–water partition coefficient (Wildman–Crippen LogP) is 2.41. The number of nitrogens with zero attached hydrogens (tertiary/aromatic N) is 3. The van der Waals surface area contributed by atoms with E-state index in [1.807, 2.05) is 12.1 Å². The fraction of sp³-hybridized carbons (Fsp3) is 0. The first-order valence-electron chi connectivity index (χ1n) is 5.17. The first-order chi connectivity index (χ1) is 8.72. The molecule has 0 unspecified atom stereocenters. The lowest BCUT2D eigenvalue weighted by Gasteiger charge is -2.00. The molecule has 0 bridgehead atoms. The van der Waals surface area contributed by atoms with Crippen molar-refractivity contribution in [2.24, 2.45) is 0 Å². The second-order valence-corrected chi connectivity index (χ2v) is 3.63. The van der Waals surface area contributed by atoms with Gasteiger partial charge in [-0.2, -0.15) is 4.98 Å². The van der Waals surface area contributed by atoms with Crippen LogP contribution in [-0.4, -0.2) is 14.6 Å². The number of oxazole rings is 1. The normalized spacial score (nSPS) is 10.7. The zero-order chi connectivity index (χ0) is 12.5. The predicted molar refractivity (Wildman–Crippen MR) is 64.1 cm³/mol. The molecule has 2 aromatic heterocycles. The van der Waals surface area contributed by atoms with Gasteiger partial charge in [0.15, 0.2) is 5.58 Å². The molecule has 0 spiro atoms. The maximum absolute atomic E-state index is 10.6. The van der Waals surface area contributed by atoms with Crippen LogP contribution in [0.5, 0.6) is 0 Å². The highest BCUT2D eigenvalue weighted by atomic mass is 16.6. The van der Waals surface area contributed by atoms with Crippen molar-refractivity contribution in [1.82, 2.24) is 9.66 Å². The maximum atomic E-state index is 10.6. The summed E-state index contributed by atoms with van der Waals surface area (Å²) >= 11 is 0. The number of benzene rings is 1. The summed E-state index contributed by atoms with van der Waals surface area (Å²) in [5, 5.41) is 10.6. The third kappa shape index (κ3) is 1.77. The van der Waals surface area contributed by atoms with Crippen LogP contribution in [-0.2, 0) is 0 Å². The molecule has 7 heteroatoms. The van der Waals surface area contributed by atoms with Crippen molar-refractivity contribution >= 4 is 22.8 Å². The van der Waals surface area contributed by atoms with Crippen LogP contribution in [0.4, 0.5) is 11.7 Å². The van der Waals surface area contributed by atoms with Gasteiger partial charge in [-0.1, -0.05) is 0 Å². The van der Waals surface area contributed by atoms with Gasteiger partial charge in [0.1, 0.15) is 5.52 Å². The Morgan fingerprint density at radius 3 is 2.83 bits per heavy atom. The number of hydrogen-bond acceptors (Lipinski definition) is 5. The molecule has 0 atom stereocenters. The second kappa shape index (κ2) is 3.88. The van der Waals surface area contributed by atoms with Crippen LogP contribution in [0.3, 0.4) is 0 Å². The Labute approximate surface area is 101 Å². The SMILES string of the molecule is O=[N+]([O-])c1ccc2oc(Nn3cccc3)nc2c1. The van der Waals surface area contributed by atoms with Gasteiger partial charge in [-0.3, -0.25) is 14.8 Å². The summed E-state index contributed by atoms with van der Waals surface area (Å²) in [5.74, 6) is 0. The molecule has 1 aromatic carbocycles. The lowest BCUT2D eigenvalue weighted by atomic mass is 10.3. The van der Waals surface area contributed by atoms with E-state index < -0.39 is 4.92 Å². The summed E-state index contributed by atoms with van der Waals surface area (Å²) in [6, 6.07) is 8.26. The molecule has 1 N–H and O–H groups in total. The second-order valence-electron chi connectivity index (χ2n) is 3.63. The molecule has 0 aliphatic carbocycles. The minimum Gasteiger partial charge on any atom is -0.422 e. The number of aromatic nitrogens is 2.